The summed E-state index contributed by atoms with van der Waals surface area (Å²) in [4.78, 5) is 1.24. The predicted octanol–water partition coefficient (Wildman–Crippen LogP) is 2.72. The average Bonchev–Trinajstić information content (AvgIpc) is 2.31. The van der Waals surface area contributed by atoms with E-state index < -0.39 is 0 Å². The van der Waals surface area contributed by atoms with E-state index in [0.29, 0.717) is 0 Å². The third kappa shape index (κ3) is 1.54. The highest BCUT2D eigenvalue weighted by atomic mass is 32.1. The Bertz CT molecular complexity index is 248. The van der Waals surface area contributed by atoms with Gasteiger partial charge in [0.15, 0.2) is 0 Å². The van der Waals surface area contributed by atoms with Crippen molar-refractivity contribution in [3.63, 3.8) is 0 Å². The van der Waals surface area contributed by atoms with Crippen molar-refractivity contribution >= 4 is 23.6 Å². The van der Waals surface area contributed by atoms with Crippen molar-refractivity contribution in [1.82, 2.24) is 0 Å². The molecule has 0 saturated carbocycles. The van der Waals surface area contributed by atoms with Crippen LogP contribution in [0, 0.1) is 12.3 Å². The Morgan fingerprint density at radius 3 is 2.90 bits per heavy atom. The van der Waals surface area contributed by atoms with Crippen LogP contribution in [0.1, 0.15) is 10.4 Å². The van der Waals surface area contributed by atoms with Crippen LogP contribution in [0.5, 0.6) is 0 Å². The van der Waals surface area contributed by atoms with Gasteiger partial charge in [0, 0.05) is 11.1 Å². The Balaban J connectivity index is 2.83. The molecule has 0 aliphatic heterocycles. The van der Waals surface area contributed by atoms with Gasteiger partial charge in [-0.1, -0.05) is 0 Å². The van der Waals surface area contributed by atoms with E-state index in [0.717, 1.165) is 0 Å². The largest absolute Gasteiger partial charge is 0.309 e. The minimum absolute atomic E-state index is 1.24. The molecule has 0 aliphatic carbocycles. The minimum Gasteiger partial charge on any atom is -0.309 e. The van der Waals surface area contributed by atoms with E-state index in [9.17, 15) is 0 Å². The smallest absolute Gasteiger partial charge is 0.0300 e. The fourth-order valence-electron chi connectivity index (χ4n) is 0.691. The van der Waals surface area contributed by atoms with Crippen molar-refractivity contribution in [3.05, 3.63) is 28.0 Å². The van der Waals surface area contributed by atoms with Crippen molar-refractivity contribution < 1.29 is 0 Å². The molecule has 0 radical (unpaired) electrons. The SMILES string of the molecule is Cc1ccsc1/C=C\C=N. The zero-order valence-corrected chi connectivity index (χ0v) is 6.61. The molecule has 2 heteroatoms. The number of aryl methyl sites for hydroxylation is 1. The number of rotatable bonds is 2. The number of allylic oxidation sites excluding steroid dienone is 1. The highest BCUT2D eigenvalue weighted by molar-refractivity contribution is 7.11. The van der Waals surface area contributed by atoms with E-state index in [4.69, 9.17) is 5.41 Å². The van der Waals surface area contributed by atoms with Crippen LogP contribution >= 0.6 is 11.3 Å². The summed E-state index contributed by atoms with van der Waals surface area (Å²) in [7, 11) is 0. The molecule has 1 rings (SSSR count). The molecule has 10 heavy (non-hydrogen) atoms. The highest BCUT2D eigenvalue weighted by Crippen LogP contribution is 2.16. The van der Waals surface area contributed by atoms with E-state index in [1.165, 1.54) is 16.7 Å². The molecule has 52 valence electrons. The predicted molar refractivity (Wildman–Crippen MR) is 46.9 cm³/mol. The summed E-state index contributed by atoms with van der Waals surface area (Å²) in [6.07, 6.45) is 4.98. The van der Waals surface area contributed by atoms with Gasteiger partial charge in [-0.2, -0.15) is 0 Å². The highest BCUT2D eigenvalue weighted by Gasteiger charge is 1.91. The fourth-order valence-corrected chi connectivity index (χ4v) is 1.52. The van der Waals surface area contributed by atoms with Gasteiger partial charge < -0.3 is 5.41 Å². The van der Waals surface area contributed by atoms with Gasteiger partial charge in [0.2, 0.25) is 0 Å². The molecule has 1 heterocycles. The van der Waals surface area contributed by atoms with Crippen LogP contribution in [-0.2, 0) is 0 Å². The lowest BCUT2D eigenvalue weighted by atomic mass is 10.3. The first-order chi connectivity index (χ1) is 4.84. The molecule has 1 nitrogen and oxygen atoms in total. The van der Waals surface area contributed by atoms with Gasteiger partial charge in [0.25, 0.3) is 0 Å². The first kappa shape index (κ1) is 7.22. The Kier molecular flexibility index (Phi) is 2.40. The van der Waals surface area contributed by atoms with Gasteiger partial charge in [0.1, 0.15) is 0 Å². The van der Waals surface area contributed by atoms with Gasteiger partial charge in [-0.25, -0.2) is 0 Å². The molecular formula is C8H9NS. The van der Waals surface area contributed by atoms with Crippen molar-refractivity contribution in [2.75, 3.05) is 0 Å². The zero-order chi connectivity index (χ0) is 7.40. The Morgan fingerprint density at radius 1 is 1.60 bits per heavy atom. The van der Waals surface area contributed by atoms with E-state index in [1.807, 2.05) is 6.08 Å². The lowest BCUT2D eigenvalue weighted by Gasteiger charge is -1.84. The van der Waals surface area contributed by atoms with E-state index in [1.54, 1.807) is 17.4 Å². The third-order valence-electron chi connectivity index (χ3n) is 1.25. The first-order valence-electron chi connectivity index (χ1n) is 3.06. The monoisotopic (exact) mass is 151 g/mol. The Morgan fingerprint density at radius 2 is 2.40 bits per heavy atom. The van der Waals surface area contributed by atoms with Crippen LogP contribution < -0.4 is 0 Å². The lowest BCUT2D eigenvalue weighted by Crippen LogP contribution is -1.66. The summed E-state index contributed by atoms with van der Waals surface area (Å²) >= 11 is 1.70. The molecule has 1 N–H and O–H groups in total. The second-order valence-corrected chi connectivity index (χ2v) is 2.94. The number of hydrogen-bond acceptors (Lipinski definition) is 2. The second kappa shape index (κ2) is 3.32. The van der Waals surface area contributed by atoms with E-state index in [-0.39, 0.29) is 0 Å². The lowest BCUT2D eigenvalue weighted by molar-refractivity contribution is 1.53. The molecule has 0 saturated heterocycles. The Labute approximate surface area is 64.5 Å². The van der Waals surface area contributed by atoms with Crippen LogP contribution in [0.2, 0.25) is 0 Å². The van der Waals surface area contributed by atoms with Gasteiger partial charge in [-0.15, -0.1) is 11.3 Å². The maximum Gasteiger partial charge on any atom is 0.0300 e. The van der Waals surface area contributed by atoms with Crippen molar-refractivity contribution in [2.45, 2.75) is 6.92 Å². The molecule has 0 amide bonds. The van der Waals surface area contributed by atoms with Crippen molar-refractivity contribution in [1.29, 1.82) is 5.41 Å². The zero-order valence-electron chi connectivity index (χ0n) is 5.79. The standard InChI is InChI=1S/C8H9NS/c1-7-4-6-10-8(7)3-2-5-9/h2-6,9H,1H3/b3-2-,9-5?. The van der Waals surface area contributed by atoms with Crippen LogP contribution in [0.3, 0.4) is 0 Å². The molecule has 0 bridgehead atoms. The summed E-state index contributed by atoms with van der Waals surface area (Å²) in [6, 6.07) is 2.08. The number of nitrogens with one attached hydrogen (secondary N) is 1. The topological polar surface area (TPSA) is 23.9 Å². The third-order valence-corrected chi connectivity index (χ3v) is 2.23. The van der Waals surface area contributed by atoms with E-state index >= 15 is 0 Å². The maximum atomic E-state index is 6.77. The summed E-state index contributed by atoms with van der Waals surface area (Å²) in [6.45, 7) is 2.07. The van der Waals surface area contributed by atoms with Crippen LogP contribution in [0.25, 0.3) is 6.08 Å². The average molecular weight is 151 g/mol. The van der Waals surface area contributed by atoms with Gasteiger partial charge >= 0.3 is 0 Å². The molecular weight excluding hydrogens is 142 g/mol. The summed E-state index contributed by atoms with van der Waals surface area (Å²) in [5.74, 6) is 0. The molecule has 1 aromatic rings. The molecule has 0 spiro atoms. The molecule has 0 aliphatic rings. The summed E-state index contributed by atoms with van der Waals surface area (Å²) in [5.41, 5.74) is 1.28. The van der Waals surface area contributed by atoms with Gasteiger partial charge in [-0.05, 0) is 36.1 Å². The van der Waals surface area contributed by atoms with Gasteiger partial charge in [-0.3, -0.25) is 0 Å². The number of thiophene rings is 1. The van der Waals surface area contributed by atoms with Crippen molar-refractivity contribution in [2.24, 2.45) is 0 Å². The summed E-state index contributed by atoms with van der Waals surface area (Å²) in [5, 5.41) is 8.82. The second-order valence-electron chi connectivity index (χ2n) is 1.99. The fraction of sp³-hybridized carbons (Fsp3) is 0.125. The summed E-state index contributed by atoms with van der Waals surface area (Å²) < 4.78 is 0. The normalized spacial score (nSPS) is 10.5. The molecule has 0 aromatic carbocycles. The number of hydrogen-bond donors (Lipinski definition) is 1. The van der Waals surface area contributed by atoms with Crippen molar-refractivity contribution in [3.8, 4) is 0 Å². The minimum atomic E-state index is 1.24. The van der Waals surface area contributed by atoms with Crippen LogP contribution in [0.4, 0.5) is 0 Å². The molecule has 0 unspecified atom stereocenters. The quantitative estimate of drug-likeness (QED) is 0.628. The van der Waals surface area contributed by atoms with Crippen LogP contribution in [-0.4, -0.2) is 6.21 Å². The first-order valence-corrected chi connectivity index (χ1v) is 3.94. The molecule has 1 aromatic heterocycles. The molecule has 0 fully saturated rings. The van der Waals surface area contributed by atoms with Crippen LogP contribution in [0.15, 0.2) is 17.5 Å². The maximum absolute atomic E-state index is 6.77. The molecule has 0 atom stereocenters. The Hall–Kier alpha value is -0.890. The van der Waals surface area contributed by atoms with Gasteiger partial charge in [0.05, 0.1) is 0 Å². The van der Waals surface area contributed by atoms with E-state index in [2.05, 4.69) is 18.4 Å².